The first-order valence-electron chi connectivity index (χ1n) is 9.71. The molecule has 0 aliphatic carbocycles. The van der Waals surface area contributed by atoms with E-state index in [1.807, 2.05) is 41.9 Å². The summed E-state index contributed by atoms with van der Waals surface area (Å²) in [7, 11) is 0. The van der Waals surface area contributed by atoms with Crippen LogP contribution in [-0.2, 0) is 25.5 Å². The first kappa shape index (κ1) is 17.3. The van der Waals surface area contributed by atoms with Gasteiger partial charge in [0, 0.05) is 32.4 Å². The molecule has 2 fully saturated rings. The lowest BCUT2D eigenvalue weighted by atomic mass is 9.71. The average Bonchev–Trinajstić information content (AvgIpc) is 3.24. The molecule has 0 amide bonds. The summed E-state index contributed by atoms with van der Waals surface area (Å²) in [6.45, 7) is 5.87. The van der Waals surface area contributed by atoms with Crippen molar-refractivity contribution in [1.29, 1.82) is 0 Å². The number of benzene rings is 1. The average molecular weight is 381 g/mol. The molecule has 1 aromatic carbocycles. The van der Waals surface area contributed by atoms with Gasteiger partial charge in [-0.1, -0.05) is 18.2 Å². The molecule has 0 saturated carbocycles. The van der Waals surface area contributed by atoms with Crippen molar-refractivity contribution >= 4 is 17.8 Å². The zero-order valence-electron chi connectivity index (χ0n) is 16.3. The Morgan fingerprint density at radius 3 is 2.46 bits per heavy atom. The topological polar surface area (TPSA) is 73.7 Å². The predicted molar refractivity (Wildman–Crippen MR) is 101 cm³/mol. The fourth-order valence-corrected chi connectivity index (χ4v) is 4.88. The van der Waals surface area contributed by atoms with Gasteiger partial charge in [0.15, 0.2) is 5.41 Å². The number of fused-ring (bicyclic) bond motifs is 4. The molecular formula is C21H23N3O4. The Balaban J connectivity index is 1.68. The summed E-state index contributed by atoms with van der Waals surface area (Å²) in [5.74, 6) is -1.22. The molecule has 7 heteroatoms. The van der Waals surface area contributed by atoms with Crippen LogP contribution in [0, 0.1) is 12.3 Å². The van der Waals surface area contributed by atoms with Crippen molar-refractivity contribution < 1.29 is 19.1 Å². The molecular weight excluding hydrogens is 358 g/mol. The third kappa shape index (κ3) is 2.19. The van der Waals surface area contributed by atoms with E-state index >= 15 is 0 Å². The Labute approximate surface area is 163 Å². The van der Waals surface area contributed by atoms with Crippen LogP contribution >= 0.6 is 0 Å². The fourth-order valence-electron chi connectivity index (χ4n) is 4.88. The number of nitrogens with zero attached hydrogens (tertiary/aromatic N) is 3. The molecule has 0 N–H and O–H groups in total. The quantitative estimate of drug-likeness (QED) is 0.558. The van der Waals surface area contributed by atoms with Crippen LogP contribution in [0.15, 0.2) is 30.3 Å². The van der Waals surface area contributed by atoms with Crippen LogP contribution < -0.4 is 4.90 Å². The number of aryl methyl sites for hydroxylation is 1. The van der Waals surface area contributed by atoms with Crippen molar-refractivity contribution in [2.45, 2.75) is 51.9 Å². The number of para-hydroxylation sites is 1. The first-order valence-corrected chi connectivity index (χ1v) is 9.71. The molecule has 7 nitrogen and oxygen atoms in total. The zero-order valence-corrected chi connectivity index (χ0v) is 16.3. The van der Waals surface area contributed by atoms with Gasteiger partial charge in [-0.3, -0.25) is 9.59 Å². The Morgan fingerprint density at radius 1 is 1.11 bits per heavy atom. The minimum atomic E-state index is -1.33. The second-order valence-corrected chi connectivity index (χ2v) is 8.31. The summed E-state index contributed by atoms with van der Waals surface area (Å²) in [6, 6.07) is 9.65. The molecule has 3 aliphatic heterocycles. The van der Waals surface area contributed by atoms with E-state index in [9.17, 15) is 9.59 Å². The van der Waals surface area contributed by atoms with Gasteiger partial charge in [0.05, 0.1) is 17.4 Å². The van der Waals surface area contributed by atoms with Crippen molar-refractivity contribution in [1.82, 2.24) is 9.78 Å². The van der Waals surface area contributed by atoms with E-state index < -0.39 is 23.1 Å². The number of cyclic esters (lactones) is 2. The van der Waals surface area contributed by atoms with Crippen LogP contribution in [-0.4, -0.2) is 40.1 Å². The maximum Gasteiger partial charge on any atom is 0.329 e. The van der Waals surface area contributed by atoms with Gasteiger partial charge in [-0.2, -0.15) is 5.10 Å². The van der Waals surface area contributed by atoms with Gasteiger partial charge in [-0.15, -0.1) is 0 Å². The van der Waals surface area contributed by atoms with Gasteiger partial charge in [0.2, 0.25) is 0 Å². The fraction of sp³-hybridized carbons (Fsp3) is 0.476. The summed E-state index contributed by atoms with van der Waals surface area (Å²) in [5.41, 5.74) is 1.36. The van der Waals surface area contributed by atoms with Crippen LogP contribution in [0.2, 0.25) is 0 Å². The van der Waals surface area contributed by atoms with Crippen LogP contribution in [0.4, 0.5) is 5.82 Å². The SMILES string of the molecule is Cc1nn(-c2ccccc2)c2c1CC1(C(=O)OC(C)(C)OC1=O)[C@@H]1CCCN21. The highest BCUT2D eigenvalue weighted by Gasteiger charge is 2.65. The maximum absolute atomic E-state index is 13.2. The van der Waals surface area contributed by atoms with E-state index in [0.717, 1.165) is 42.1 Å². The van der Waals surface area contributed by atoms with Gasteiger partial charge in [0.25, 0.3) is 5.79 Å². The zero-order chi connectivity index (χ0) is 19.7. The summed E-state index contributed by atoms with van der Waals surface area (Å²) in [6.07, 6.45) is 1.90. The van der Waals surface area contributed by atoms with Gasteiger partial charge < -0.3 is 14.4 Å². The number of aromatic nitrogens is 2. The van der Waals surface area contributed by atoms with Gasteiger partial charge in [-0.05, 0) is 31.9 Å². The lowest BCUT2D eigenvalue weighted by Gasteiger charge is -2.48. The molecule has 3 aliphatic rings. The number of hydrogen-bond acceptors (Lipinski definition) is 6. The maximum atomic E-state index is 13.2. The Kier molecular flexibility index (Phi) is 3.45. The molecule has 28 heavy (non-hydrogen) atoms. The van der Waals surface area contributed by atoms with Crippen LogP contribution in [0.1, 0.15) is 37.9 Å². The molecule has 2 saturated heterocycles. The summed E-state index contributed by atoms with van der Waals surface area (Å²) >= 11 is 0. The Hall–Kier alpha value is -2.83. The normalized spacial score (nSPS) is 24.5. The second kappa shape index (κ2) is 5.59. The lowest BCUT2D eigenvalue weighted by molar-refractivity contribution is -0.252. The third-order valence-corrected chi connectivity index (χ3v) is 6.11. The molecule has 1 aromatic heterocycles. The van der Waals surface area contributed by atoms with Gasteiger partial charge in [0.1, 0.15) is 5.82 Å². The third-order valence-electron chi connectivity index (χ3n) is 6.11. The van der Waals surface area contributed by atoms with Crippen molar-refractivity contribution in [2.24, 2.45) is 5.41 Å². The highest BCUT2D eigenvalue weighted by molar-refractivity contribution is 6.04. The van der Waals surface area contributed by atoms with E-state index in [0.29, 0.717) is 0 Å². The smallest absolute Gasteiger partial charge is 0.329 e. The van der Waals surface area contributed by atoms with Crippen molar-refractivity contribution in [2.75, 3.05) is 11.4 Å². The van der Waals surface area contributed by atoms with E-state index in [4.69, 9.17) is 14.6 Å². The summed E-state index contributed by atoms with van der Waals surface area (Å²) < 4.78 is 13.0. The van der Waals surface area contributed by atoms with E-state index in [-0.39, 0.29) is 12.5 Å². The number of rotatable bonds is 1. The standard InChI is InChI=1S/C21H23N3O4/c1-13-15-12-21(18(25)27-20(2,3)28-19(21)26)16-10-7-11-23(16)17(15)24(22-13)14-8-5-4-6-9-14/h4-6,8-9,16H,7,10-12H2,1-3H3/t16-/m0/s1. The minimum absolute atomic E-state index is 0.260. The first-order chi connectivity index (χ1) is 13.3. The molecule has 1 atom stereocenters. The molecule has 0 unspecified atom stereocenters. The summed E-state index contributed by atoms with van der Waals surface area (Å²) in [4.78, 5) is 28.5. The minimum Gasteiger partial charge on any atom is -0.422 e. The van der Waals surface area contributed by atoms with Crippen molar-refractivity contribution in [3.8, 4) is 5.69 Å². The molecule has 1 spiro atoms. The molecule has 4 heterocycles. The van der Waals surface area contributed by atoms with E-state index in [2.05, 4.69) is 4.90 Å². The van der Waals surface area contributed by atoms with Gasteiger partial charge in [-0.25, -0.2) is 4.68 Å². The number of esters is 2. The molecule has 0 bridgehead atoms. The molecule has 5 rings (SSSR count). The number of carbonyl (C=O) groups excluding carboxylic acids is 2. The predicted octanol–water partition coefficient (Wildman–Crippen LogP) is 2.53. The lowest BCUT2D eigenvalue weighted by Crippen LogP contribution is -2.64. The number of hydrogen-bond donors (Lipinski definition) is 0. The highest BCUT2D eigenvalue weighted by atomic mass is 16.7. The van der Waals surface area contributed by atoms with Crippen molar-refractivity contribution in [3.63, 3.8) is 0 Å². The monoisotopic (exact) mass is 381 g/mol. The molecule has 2 aromatic rings. The Morgan fingerprint density at radius 2 is 1.79 bits per heavy atom. The van der Waals surface area contributed by atoms with Crippen LogP contribution in [0.25, 0.3) is 5.69 Å². The Bertz CT molecular complexity index is 959. The van der Waals surface area contributed by atoms with E-state index in [1.54, 1.807) is 13.8 Å². The second-order valence-electron chi connectivity index (χ2n) is 8.31. The molecule has 146 valence electrons. The largest absolute Gasteiger partial charge is 0.422 e. The number of carbonyl (C=O) groups is 2. The van der Waals surface area contributed by atoms with Crippen LogP contribution in [0.5, 0.6) is 0 Å². The van der Waals surface area contributed by atoms with Crippen LogP contribution in [0.3, 0.4) is 0 Å². The highest BCUT2D eigenvalue weighted by Crippen LogP contribution is 2.51. The number of ether oxygens (including phenoxy) is 2. The van der Waals surface area contributed by atoms with Crippen molar-refractivity contribution in [3.05, 3.63) is 41.6 Å². The van der Waals surface area contributed by atoms with Gasteiger partial charge >= 0.3 is 11.9 Å². The molecule has 0 radical (unpaired) electrons. The van der Waals surface area contributed by atoms with E-state index in [1.165, 1.54) is 0 Å². The number of anilines is 1. The summed E-state index contributed by atoms with van der Waals surface area (Å²) in [5, 5.41) is 4.75.